The van der Waals surface area contributed by atoms with Crippen molar-refractivity contribution in [3.8, 4) is 0 Å². The molecule has 0 bridgehead atoms. The van der Waals surface area contributed by atoms with E-state index in [-0.39, 0.29) is 5.82 Å². The van der Waals surface area contributed by atoms with E-state index in [0.29, 0.717) is 22.0 Å². The summed E-state index contributed by atoms with van der Waals surface area (Å²) in [6.45, 7) is 0. The van der Waals surface area contributed by atoms with Crippen molar-refractivity contribution in [1.82, 2.24) is 0 Å². The first-order valence-corrected chi connectivity index (χ1v) is 6.55. The zero-order chi connectivity index (χ0) is 15.4. The highest BCUT2D eigenvalue weighted by molar-refractivity contribution is 6.32. The van der Waals surface area contributed by atoms with E-state index in [1.165, 1.54) is 18.2 Å². The van der Waals surface area contributed by atoms with Crippen LogP contribution in [0.25, 0.3) is 6.08 Å². The Balaban J connectivity index is 2.48. The van der Waals surface area contributed by atoms with E-state index in [1.54, 1.807) is 42.3 Å². The zero-order valence-electron chi connectivity index (χ0n) is 11.3. The molecule has 0 spiro atoms. The molecule has 0 aliphatic heterocycles. The van der Waals surface area contributed by atoms with Crippen molar-refractivity contribution in [2.24, 2.45) is 0 Å². The van der Waals surface area contributed by atoms with Gasteiger partial charge in [0.05, 0.1) is 0 Å². The molecule has 0 aliphatic carbocycles. The third-order valence-electron chi connectivity index (χ3n) is 2.98. The van der Waals surface area contributed by atoms with Crippen LogP contribution in [-0.2, 0) is 4.79 Å². The van der Waals surface area contributed by atoms with Gasteiger partial charge in [0, 0.05) is 35.1 Å². The molecule has 108 valence electrons. The minimum Gasteiger partial charge on any atom is -0.478 e. The summed E-state index contributed by atoms with van der Waals surface area (Å²) in [7, 11) is 1.76. The molecule has 0 aromatic heterocycles. The Labute approximate surface area is 126 Å². The molecule has 5 heteroatoms. The number of carboxylic acids is 1. The minimum atomic E-state index is -1.06. The van der Waals surface area contributed by atoms with Crippen LogP contribution in [0.5, 0.6) is 0 Å². The second kappa shape index (κ2) is 6.41. The number of hydrogen-bond acceptors (Lipinski definition) is 2. The number of anilines is 2. The average Bonchev–Trinajstić information content (AvgIpc) is 2.45. The Morgan fingerprint density at radius 1 is 1.29 bits per heavy atom. The topological polar surface area (TPSA) is 40.5 Å². The summed E-state index contributed by atoms with van der Waals surface area (Å²) >= 11 is 6.13. The summed E-state index contributed by atoms with van der Waals surface area (Å²) in [4.78, 5) is 12.4. The largest absolute Gasteiger partial charge is 0.478 e. The van der Waals surface area contributed by atoms with Crippen LogP contribution < -0.4 is 4.90 Å². The Hall–Kier alpha value is -2.33. The zero-order valence-corrected chi connectivity index (χ0v) is 12.0. The lowest BCUT2D eigenvalue weighted by atomic mass is 10.1. The first-order valence-electron chi connectivity index (χ1n) is 6.18. The molecule has 0 unspecified atom stereocenters. The van der Waals surface area contributed by atoms with Gasteiger partial charge in [-0.15, -0.1) is 0 Å². The standard InChI is InChI=1S/C16H13ClFNO2/c1-19(12-5-2-4-11(18)10-12)15-7-3-6-14(17)13(15)8-9-16(20)21/h2-10H,1H3,(H,20,21). The van der Waals surface area contributed by atoms with Crippen LogP contribution in [-0.4, -0.2) is 18.1 Å². The van der Waals surface area contributed by atoms with Crippen LogP contribution in [0.15, 0.2) is 48.5 Å². The summed E-state index contributed by atoms with van der Waals surface area (Å²) in [5.41, 5.74) is 1.89. The summed E-state index contributed by atoms with van der Waals surface area (Å²) < 4.78 is 13.3. The summed E-state index contributed by atoms with van der Waals surface area (Å²) in [6.07, 6.45) is 2.44. The first-order chi connectivity index (χ1) is 9.99. The number of benzene rings is 2. The van der Waals surface area contributed by atoms with E-state index >= 15 is 0 Å². The molecule has 0 aliphatic rings. The van der Waals surface area contributed by atoms with Crippen molar-refractivity contribution in [2.45, 2.75) is 0 Å². The number of nitrogens with zero attached hydrogens (tertiary/aromatic N) is 1. The van der Waals surface area contributed by atoms with Gasteiger partial charge in [-0.05, 0) is 36.4 Å². The van der Waals surface area contributed by atoms with Gasteiger partial charge in [0.15, 0.2) is 0 Å². The number of hydrogen-bond donors (Lipinski definition) is 1. The number of carboxylic acid groups (broad SMARTS) is 1. The second-order valence-corrected chi connectivity index (χ2v) is 4.79. The molecule has 0 amide bonds. The molecule has 0 heterocycles. The fraction of sp³-hybridized carbons (Fsp3) is 0.0625. The van der Waals surface area contributed by atoms with Gasteiger partial charge in [0.1, 0.15) is 5.82 Å². The molecule has 2 aromatic carbocycles. The number of rotatable bonds is 4. The van der Waals surface area contributed by atoms with Crippen LogP contribution in [0.3, 0.4) is 0 Å². The van der Waals surface area contributed by atoms with E-state index in [9.17, 15) is 9.18 Å². The molecule has 2 rings (SSSR count). The maximum Gasteiger partial charge on any atom is 0.328 e. The van der Waals surface area contributed by atoms with Crippen LogP contribution in [0, 0.1) is 5.82 Å². The summed E-state index contributed by atoms with van der Waals surface area (Å²) in [6, 6.07) is 11.3. The minimum absolute atomic E-state index is 0.344. The third-order valence-corrected chi connectivity index (χ3v) is 3.31. The van der Waals surface area contributed by atoms with E-state index < -0.39 is 5.97 Å². The highest BCUT2D eigenvalue weighted by Crippen LogP contribution is 2.32. The third kappa shape index (κ3) is 3.61. The van der Waals surface area contributed by atoms with Gasteiger partial charge < -0.3 is 10.0 Å². The second-order valence-electron chi connectivity index (χ2n) is 4.38. The molecule has 21 heavy (non-hydrogen) atoms. The van der Waals surface area contributed by atoms with E-state index in [0.717, 1.165) is 6.08 Å². The number of halogens is 2. The predicted molar refractivity (Wildman–Crippen MR) is 82.6 cm³/mol. The SMILES string of the molecule is CN(c1cccc(F)c1)c1cccc(Cl)c1C=CC(=O)O. The van der Waals surface area contributed by atoms with E-state index in [2.05, 4.69) is 0 Å². The van der Waals surface area contributed by atoms with Crippen molar-refractivity contribution >= 4 is 35.0 Å². The normalized spacial score (nSPS) is 10.8. The number of carbonyl (C=O) groups is 1. The summed E-state index contributed by atoms with van der Waals surface area (Å²) in [5, 5.41) is 9.18. The number of aliphatic carboxylic acids is 1. The molecular formula is C16H13ClFNO2. The van der Waals surface area contributed by atoms with Gasteiger partial charge in [-0.2, -0.15) is 0 Å². The molecule has 0 saturated heterocycles. The van der Waals surface area contributed by atoms with Crippen LogP contribution >= 0.6 is 11.6 Å². The van der Waals surface area contributed by atoms with Crippen LogP contribution in [0.4, 0.5) is 15.8 Å². The van der Waals surface area contributed by atoms with Crippen LogP contribution in [0.1, 0.15) is 5.56 Å². The van der Waals surface area contributed by atoms with Gasteiger partial charge in [-0.3, -0.25) is 0 Å². The Bertz CT molecular complexity index is 700. The fourth-order valence-electron chi connectivity index (χ4n) is 1.96. The quantitative estimate of drug-likeness (QED) is 0.854. The lowest BCUT2D eigenvalue weighted by Crippen LogP contribution is -2.11. The molecule has 0 atom stereocenters. The highest BCUT2D eigenvalue weighted by atomic mass is 35.5. The van der Waals surface area contributed by atoms with Crippen molar-refractivity contribution < 1.29 is 14.3 Å². The van der Waals surface area contributed by atoms with Crippen molar-refractivity contribution in [2.75, 3.05) is 11.9 Å². The molecule has 2 aromatic rings. The molecular weight excluding hydrogens is 293 g/mol. The van der Waals surface area contributed by atoms with E-state index in [4.69, 9.17) is 16.7 Å². The lowest BCUT2D eigenvalue weighted by Gasteiger charge is -2.22. The van der Waals surface area contributed by atoms with E-state index in [1.807, 2.05) is 0 Å². The van der Waals surface area contributed by atoms with Crippen molar-refractivity contribution in [3.05, 3.63) is 64.9 Å². The van der Waals surface area contributed by atoms with Gasteiger partial charge in [-0.25, -0.2) is 9.18 Å². The van der Waals surface area contributed by atoms with Crippen molar-refractivity contribution in [3.63, 3.8) is 0 Å². The molecule has 0 fully saturated rings. The average molecular weight is 306 g/mol. The Morgan fingerprint density at radius 2 is 2.00 bits per heavy atom. The Kier molecular flexibility index (Phi) is 4.60. The maximum absolute atomic E-state index is 13.3. The monoisotopic (exact) mass is 305 g/mol. The smallest absolute Gasteiger partial charge is 0.328 e. The Morgan fingerprint density at radius 3 is 2.67 bits per heavy atom. The van der Waals surface area contributed by atoms with Gasteiger partial charge >= 0.3 is 5.97 Å². The molecule has 3 nitrogen and oxygen atoms in total. The van der Waals surface area contributed by atoms with Gasteiger partial charge in [0.25, 0.3) is 0 Å². The van der Waals surface area contributed by atoms with Crippen LogP contribution in [0.2, 0.25) is 5.02 Å². The molecule has 1 N–H and O–H groups in total. The van der Waals surface area contributed by atoms with Gasteiger partial charge in [0.2, 0.25) is 0 Å². The predicted octanol–water partition coefficient (Wildman–Crippen LogP) is 4.34. The van der Waals surface area contributed by atoms with Crippen molar-refractivity contribution in [1.29, 1.82) is 0 Å². The lowest BCUT2D eigenvalue weighted by molar-refractivity contribution is -0.131. The first kappa shape index (κ1) is 15.1. The molecule has 0 radical (unpaired) electrons. The highest BCUT2D eigenvalue weighted by Gasteiger charge is 2.11. The maximum atomic E-state index is 13.3. The summed E-state index contributed by atoms with van der Waals surface area (Å²) in [5.74, 6) is -1.40. The fourth-order valence-corrected chi connectivity index (χ4v) is 2.19. The molecule has 0 saturated carbocycles. The van der Waals surface area contributed by atoms with Gasteiger partial charge in [-0.1, -0.05) is 23.7 Å².